The van der Waals surface area contributed by atoms with E-state index in [1.807, 2.05) is 0 Å². The van der Waals surface area contributed by atoms with Gasteiger partial charge in [0.1, 0.15) is 11.4 Å². The van der Waals surface area contributed by atoms with E-state index in [0.29, 0.717) is 0 Å². The lowest BCUT2D eigenvalue weighted by Crippen LogP contribution is -2.49. The minimum absolute atomic E-state index is 0.0220. The van der Waals surface area contributed by atoms with Gasteiger partial charge >= 0.3 is 0 Å². The fourth-order valence-electron chi connectivity index (χ4n) is 3.42. The van der Waals surface area contributed by atoms with Crippen molar-refractivity contribution in [3.05, 3.63) is 29.3 Å². The van der Waals surface area contributed by atoms with E-state index >= 15 is 0 Å². The molecule has 1 fully saturated rings. The van der Waals surface area contributed by atoms with E-state index in [2.05, 4.69) is 37.4 Å². The largest absolute Gasteiger partial charge is 0.487 e. The third-order valence-corrected chi connectivity index (χ3v) is 4.60. The van der Waals surface area contributed by atoms with Crippen LogP contribution in [0.25, 0.3) is 0 Å². The Bertz CT molecular complexity index is 466. The molecule has 1 atom stereocenters. The molecule has 0 radical (unpaired) electrons. The number of piperidine rings is 1. The molecule has 1 saturated heterocycles. The molecular weight excluding hydrogens is 250 g/mol. The lowest BCUT2D eigenvalue weighted by molar-refractivity contribution is -0.0590. The molecule has 1 spiro atoms. The summed E-state index contributed by atoms with van der Waals surface area (Å²) in [4.78, 5) is 0. The SMILES string of the molecule is CCOC1CC2(CCNCC2)Oc2ccc(CC)cc21. The summed E-state index contributed by atoms with van der Waals surface area (Å²) in [5.74, 6) is 1.04. The molecular formula is C17H25NO2. The van der Waals surface area contributed by atoms with Gasteiger partial charge in [0.2, 0.25) is 0 Å². The van der Waals surface area contributed by atoms with E-state index in [0.717, 1.165) is 51.1 Å². The molecule has 0 aromatic heterocycles. The Morgan fingerprint density at radius 3 is 2.80 bits per heavy atom. The first kappa shape index (κ1) is 13.9. The van der Waals surface area contributed by atoms with Crippen LogP contribution in [0.2, 0.25) is 0 Å². The first-order valence-corrected chi connectivity index (χ1v) is 7.90. The Kier molecular flexibility index (Phi) is 3.99. The summed E-state index contributed by atoms with van der Waals surface area (Å²) < 4.78 is 12.5. The molecule has 0 aliphatic carbocycles. The molecule has 3 nitrogen and oxygen atoms in total. The molecule has 2 heterocycles. The first-order valence-electron chi connectivity index (χ1n) is 7.90. The maximum absolute atomic E-state index is 6.42. The van der Waals surface area contributed by atoms with E-state index in [-0.39, 0.29) is 11.7 Å². The van der Waals surface area contributed by atoms with Crippen LogP contribution in [0.4, 0.5) is 0 Å². The van der Waals surface area contributed by atoms with Crippen molar-refractivity contribution in [3.63, 3.8) is 0 Å². The zero-order valence-electron chi connectivity index (χ0n) is 12.6. The number of ether oxygens (including phenoxy) is 2. The summed E-state index contributed by atoms with van der Waals surface area (Å²) in [5.41, 5.74) is 2.58. The second-order valence-corrected chi connectivity index (χ2v) is 5.91. The third kappa shape index (κ3) is 2.57. The highest BCUT2D eigenvalue weighted by molar-refractivity contribution is 5.41. The van der Waals surface area contributed by atoms with Gasteiger partial charge in [-0.15, -0.1) is 0 Å². The summed E-state index contributed by atoms with van der Waals surface area (Å²) in [6.07, 6.45) is 4.38. The van der Waals surface area contributed by atoms with Crippen LogP contribution < -0.4 is 10.1 Å². The van der Waals surface area contributed by atoms with Crippen LogP contribution in [0.5, 0.6) is 5.75 Å². The Balaban J connectivity index is 1.93. The molecule has 2 aliphatic rings. The van der Waals surface area contributed by atoms with Gasteiger partial charge in [0.05, 0.1) is 6.10 Å². The molecule has 3 heteroatoms. The average molecular weight is 275 g/mol. The minimum Gasteiger partial charge on any atom is -0.487 e. The number of hydrogen-bond acceptors (Lipinski definition) is 3. The summed E-state index contributed by atoms with van der Waals surface area (Å²) in [6.45, 7) is 7.11. The number of nitrogens with one attached hydrogen (secondary N) is 1. The van der Waals surface area contributed by atoms with Gasteiger partial charge in [0.25, 0.3) is 0 Å². The van der Waals surface area contributed by atoms with Crippen LogP contribution in [0.1, 0.15) is 50.3 Å². The molecule has 0 amide bonds. The number of benzene rings is 1. The Morgan fingerprint density at radius 1 is 1.30 bits per heavy atom. The lowest BCUT2D eigenvalue weighted by Gasteiger charge is -2.44. The van der Waals surface area contributed by atoms with Gasteiger partial charge in [-0.05, 0) is 57.0 Å². The van der Waals surface area contributed by atoms with Gasteiger partial charge in [-0.3, -0.25) is 0 Å². The van der Waals surface area contributed by atoms with Crippen LogP contribution >= 0.6 is 0 Å². The van der Waals surface area contributed by atoms with E-state index in [1.165, 1.54) is 11.1 Å². The van der Waals surface area contributed by atoms with E-state index in [1.54, 1.807) is 0 Å². The Hall–Kier alpha value is -1.06. The van der Waals surface area contributed by atoms with E-state index < -0.39 is 0 Å². The summed E-state index contributed by atoms with van der Waals surface area (Å²) in [6, 6.07) is 6.59. The predicted octanol–water partition coefficient (Wildman–Crippen LogP) is 3.23. The molecule has 1 N–H and O–H groups in total. The van der Waals surface area contributed by atoms with Crippen molar-refractivity contribution in [1.82, 2.24) is 5.32 Å². The van der Waals surface area contributed by atoms with Crippen LogP contribution in [-0.2, 0) is 11.2 Å². The number of hydrogen-bond donors (Lipinski definition) is 1. The molecule has 1 aromatic carbocycles. The zero-order valence-corrected chi connectivity index (χ0v) is 12.6. The van der Waals surface area contributed by atoms with Crippen molar-refractivity contribution in [2.24, 2.45) is 0 Å². The van der Waals surface area contributed by atoms with Crippen molar-refractivity contribution < 1.29 is 9.47 Å². The van der Waals surface area contributed by atoms with Crippen LogP contribution in [-0.4, -0.2) is 25.3 Å². The topological polar surface area (TPSA) is 30.5 Å². The number of rotatable bonds is 3. The normalized spacial score (nSPS) is 24.2. The van der Waals surface area contributed by atoms with Gasteiger partial charge in [0, 0.05) is 18.6 Å². The van der Waals surface area contributed by atoms with E-state index in [4.69, 9.17) is 9.47 Å². The predicted molar refractivity (Wildman–Crippen MR) is 80.3 cm³/mol. The quantitative estimate of drug-likeness (QED) is 0.918. The van der Waals surface area contributed by atoms with Crippen LogP contribution in [0.15, 0.2) is 18.2 Å². The van der Waals surface area contributed by atoms with Crippen LogP contribution in [0.3, 0.4) is 0 Å². The van der Waals surface area contributed by atoms with Gasteiger partial charge in [-0.25, -0.2) is 0 Å². The first-order chi connectivity index (χ1) is 9.76. The summed E-state index contributed by atoms with van der Waals surface area (Å²) in [7, 11) is 0. The zero-order chi connectivity index (χ0) is 14.0. The lowest BCUT2D eigenvalue weighted by atomic mass is 9.81. The number of aryl methyl sites for hydroxylation is 1. The van der Waals surface area contributed by atoms with E-state index in [9.17, 15) is 0 Å². The van der Waals surface area contributed by atoms with Gasteiger partial charge in [-0.1, -0.05) is 13.0 Å². The monoisotopic (exact) mass is 275 g/mol. The smallest absolute Gasteiger partial charge is 0.125 e. The maximum Gasteiger partial charge on any atom is 0.125 e. The molecule has 3 rings (SSSR count). The molecule has 1 aromatic rings. The molecule has 20 heavy (non-hydrogen) atoms. The summed E-state index contributed by atoms with van der Waals surface area (Å²) >= 11 is 0. The fourth-order valence-corrected chi connectivity index (χ4v) is 3.42. The minimum atomic E-state index is -0.0220. The number of fused-ring (bicyclic) bond motifs is 1. The highest BCUT2D eigenvalue weighted by atomic mass is 16.5. The van der Waals surface area contributed by atoms with Gasteiger partial charge < -0.3 is 14.8 Å². The van der Waals surface area contributed by atoms with Gasteiger partial charge in [0.15, 0.2) is 0 Å². The van der Waals surface area contributed by atoms with Crippen molar-refractivity contribution in [3.8, 4) is 5.75 Å². The maximum atomic E-state index is 6.42. The van der Waals surface area contributed by atoms with Crippen molar-refractivity contribution in [2.45, 2.75) is 51.2 Å². The second-order valence-electron chi connectivity index (χ2n) is 5.91. The molecule has 0 bridgehead atoms. The molecule has 2 aliphatic heterocycles. The molecule has 110 valence electrons. The van der Waals surface area contributed by atoms with Crippen LogP contribution in [0, 0.1) is 0 Å². The second kappa shape index (κ2) is 5.74. The van der Waals surface area contributed by atoms with Crippen molar-refractivity contribution >= 4 is 0 Å². The van der Waals surface area contributed by atoms with Crippen molar-refractivity contribution in [1.29, 1.82) is 0 Å². The highest BCUT2D eigenvalue weighted by Gasteiger charge is 2.42. The standard InChI is InChI=1S/C17H25NO2/c1-3-13-5-6-15-14(11-13)16(19-4-2)12-17(20-15)7-9-18-10-8-17/h5-6,11,16,18H,3-4,7-10,12H2,1-2H3. The summed E-state index contributed by atoms with van der Waals surface area (Å²) in [5, 5.41) is 3.42. The fraction of sp³-hybridized carbons (Fsp3) is 0.647. The third-order valence-electron chi connectivity index (χ3n) is 4.60. The Labute approximate surface area is 121 Å². The van der Waals surface area contributed by atoms with Crippen molar-refractivity contribution in [2.75, 3.05) is 19.7 Å². The molecule has 0 saturated carbocycles. The Morgan fingerprint density at radius 2 is 2.10 bits per heavy atom. The average Bonchev–Trinajstić information content (AvgIpc) is 2.48. The van der Waals surface area contributed by atoms with Gasteiger partial charge in [-0.2, -0.15) is 0 Å². The molecule has 1 unspecified atom stereocenters. The highest BCUT2D eigenvalue weighted by Crippen LogP contribution is 2.45.